The molecule has 0 bridgehead atoms. The van der Waals surface area contributed by atoms with E-state index in [0.29, 0.717) is 22.7 Å². The zero-order valence-electron chi connectivity index (χ0n) is 17.4. The Kier molecular flexibility index (Phi) is 6.09. The summed E-state index contributed by atoms with van der Waals surface area (Å²) < 4.78 is 14.4. The van der Waals surface area contributed by atoms with Crippen LogP contribution in [0.5, 0.6) is 0 Å². The van der Waals surface area contributed by atoms with Gasteiger partial charge in [0.2, 0.25) is 5.91 Å². The first-order chi connectivity index (χ1) is 15.0. The van der Waals surface area contributed by atoms with Gasteiger partial charge in [0, 0.05) is 11.3 Å². The molecule has 1 atom stereocenters. The zero-order chi connectivity index (χ0) is 22.0. The van der Waals surface area contributed by atoms with Crippen molar-refractivity contribution in [1.82, 2.24) is 0 Å². The summed E-state index contributed by atoms with van der Waals surface area (Å²) in [5, 5.41) is 2.59. The molecule has 4 nitrogen and oxygen atoms in total. The quantitative estimate of drug-likeness (QED) is 0.558. The lowest BCUT2D eigenvalue weighted by atomic mass is 10.1. The molecule has 0 unspecified atom stereocenters. The van der Waals surface area contributed by atoms with Crippen molar-refractivity contribution in [3.05, 3.63) is 94.8 Å². The molecule has 1 fully saturated rings. The summed E-state index contributed by atoms with van der Waals surface area (Å²) in [4.78, 5) is 26.5. The Hall–Kier alpha value is -3.12. The number of nitrogens with zero attached hydrogens (tertiary/aromatic N) is 1. The van der Waals surface area contributed by atoms with Crippen molar-refractivity contribution in [3.8, 4) is 0 Å². The highest BCUT2D eigenvalue weighted by molar-refractivity contribution is 8.00. The fraction of sp³-hybridized carbons (Fsp3) is 0.200. The molecule has 31 heavy (non-hydrogen) atoms. The van der Waals surface area contributed by atoms with Crippen LogP contribution in [0, 0.1) is 12.7 Å². The maximum Gasteiger partial charge on any atom is 0.255 e. The Morgan fingerprint density at radius 2 is 1.81 bits per heavy atom. The number of carbonyl (C=O) groups is 2. The van der Waals surface area contributed by atoms with E-state index in [9.17, 15) is 14.0 Å². The first-order valence-electron chi connectivity index (χ1n) is 10.2. The van der Waals surface area contributed by atoms with Gasteiger partial charge in [-0.1, -0.05) is 37.3 Å². The van der Waals surface area contributed by atoms with E-state index in [1.165, 1.54) is 28.3 Å². The minimum atomic E-state index is -0.413. The maximum absolute atomic E-state index is 14.4. The number of halogens is 1. The molecule has 158 valence electrons. The monoisotopic (exact) mass is 434 g/mol. The number of anilines is 2. The van der Waals surface area contributed by atoms with Gasteiger partial charge < -0.3 is 5.32 Å². The lowest BCUT2D eigenvalue weighted by molar-refractivity contribution is -0.115. The number of carbonyl (C=O) groups excluding carboxylic acids is 2. The Morgan fingerprint density at radius 1 is 1.10 bits per heavy atom. The molecule has 3 aromatic carbocycles. The summed E-state index contributed by atoms with van der Waals surface area (Å²) in [6.45, 7) is 3.94. The molecule has 1 aliphatic rings. The third-order valence-corrected chi connectivity index (χ3v) is 6.52. The van der Waals surface area contributed by atoms with E-state index in [1.807, 2.05) is 55.5 Å². The molecule has 0 aromatic heterocycles. The Labute approximate surface area is 185 Å². The number of nitrogens with one attached hydrogen (secondary N) is 1. The minimum absolute atomic E-state index is 0.118. The van der Waals surface area contributed by atoms with Gasteiger partial charge in [0.15, 0.2) is 0 Å². The molecule has 0 aliphatic carbocycles. The van der Waals surface area contributed by atoms with Crippen molar-refractivity contribution >= 4 is 35.0 Å². The Bertz CT molecular complexity index is 1110. The van der Waals surface area contributed by atoms with Crippen molar-refractivity contribution in [1.29, 1.82) is 0 Å². The second-order valence-corrected chi connectivity index (χ2v) is 8.58. The highest BCUT2D eigenvalue weighted by Crippen LogP contribution is 2.43. The molecule has 0 spiro atoms. The topological polar surface area (TPSA) is 49.4 Å². The van der Waals surface area contributed by atoms with Crippen molar-refractivity contribution < 1.29 is 14.0 Å². The molecule has 2 amide bonds. The van der Waals surface area contributed by atoms with Gasteiger partial charge in [0.05, 0.1) is 11.4 Å². The van der Waals surface area contributed by atoms with Crippen molar-refractivity contribution in [2.75, 3.05) is 16.0 Å². The molecule has 3 aromatic rings. The van der Waals surface area contributed by atoms with Crippen LogP contribution < -0.4 is 10.2 Å². The third-order valence-electron chi connectivity index (χ3n) is 5.31. The SMILES string of the molecule is CCc1ccc(C(=O)Nc2ccc([C@H]3SCC(=O)N3c3cc(C)ccc3F)cc2)cc1. The van der Waals surface area contributed by atoms with Gasteiger partial charge in [-0.15, -0.1) is 11.8 Å². The van der Waals surface area contributed by atoms with Crippen molar-refractivity contribution in [2.24, 2.45) is 0 Å². The molecule has 1 N–H and O–H groups in total. The van der Waals surface area contributed by atoms with Crippen molar-refractivity contribution in [3.63, 3.8) is 0 Å². The summed E-state index contributed by atoms with van der Waals surface area (Å²) in [5.74, 6) is -0.411. The molecule has 6 heteroatoms. The highest BCUT2D eigenvalue weighted by Gasteiger charge is 2.35. The third kappa shape index (κ3) is 4.49. The van der Waals surface area contributed by atoms with Crippen LogP contribution in [0.1, 0.15) is 39.3 Å². The molecule has 1 heterocycles. The average molecular weight is 435 g/mol. The number of aryl methyl sites for hydroxylation is 2. The zero-order valence-corrected chi connectivity index (χ0v) is 18.2. The summed E-state index contributed by atoms with van der Waals surface area (Å²) >= 11 is 1.46. The van der Waals surface area contributed by atoms with Crippen LogP contribution >= 0.6 is 11.8 Å². The highest BCUT2D eigenvalue weighted by atomic mass is 32.2. The number of hydrogen-bond acceptors (Lipinski definition) is 3. The Morgan fingerprint density at radius 3 is 2.48 bits per heavy atom. The number of rotatable bonds is 5. The standard InChI is InChI=1S/C25H23FN2O2S/c1-3-17-5-7-18(8-6-17)24(30)27-20-11-9-19(10-12-20)25-28(23(29)15-31-25)22-14-16(2)4-13-21(22)26/h4-14,25H,3,15H2,1-2H3,(H,27,30)/t25-/m1/s1. The maximum atomic E-state index is 14.4. The fourth-order valence-corrected chi connectivity index (χ4v) is 4.73. The molecule has 1 saturated heterocycles. The first-order valence-corrected chi connectivity index (χ1v) is 11.2. The summed E-state index contributed by atoms with van der Waals surface area (Å²) in [7, 11) is 0. The van der Waals surface area contributed by atoms with Crippen LogP contribution in [0.4, 0.5) is 15.8 Å². The van der Waals surface area contributed by atoms with Gasteiger partial charge >= 0.3 is 0 Å². The van der Waals surface area contributed by atoms with Gasteiger partial charge in [-0.2, -0.15) is 0 Å². The molecular weight excluding hydrogens is 411 g/mol. The predicted molar refractivity (Wildman–Crippen MR) is 124 cm³/mol. The van der Waals surface area contributed by atoms with Crippen LogP contribution in [0.15, 0.2) is 66.7 Å². The van der Waals surface area contributed by atoms with E-state index < -0.39 is 5.82 Å². The normalized spacial score (nSPS) is 15.9. The second-order valence-electron chi connectivity index (χ2n) is 7.51. The largest absolute Gasteiger partial charge is 0.322 e. The first kappa shape index (κ1) is 21.1. The summed E-state index contributed by atoms with van der Waals surface area (Å²) in [6.07, 6.45) is 0.925. The van der Waals surface area contributed by atoms with E-state index in [1.54, 1.807) is 12.1 Å². The van der Waals surface area contributed by atoms with Crippen LogP contribution in [0.2, 0.25) is 0 Å². The number of amides is 2. The molecule has 1 aliphatic heterocycles. The van der Waals surface area contributed by atoms with Crippen LogP contribution in [0.3, 0.4) is 0 Å². The fourth-order valence-electron chi connectivity index (χ4n) is 3.56. The van der Waals surface area contributed by atoms with Gasteiger partial charge in [0.25, 0.3) is 5.91 Å². The molecule has 4 rings (SSSR count). The van der Waals surface area contributed by atoms with E-state index in [2.05, 4.69) is 12.2 Å². The number of thioether (sulfide) groups is 1. The minimum Gasteiger partial charge on any atom is -0.322 e. The van der Waals surface area contributed by atoms with Crippen molar-refractivity contribution in [2.45, 2.75) is 25.6 Å². The summed E-state index contributed by atoms with van der Waals surface area (Å²) in [5.41, 5.74) is 4.51. The number of benzene rings is 3. The van der Waals surface area contributed by atoms with Gasteiger partial charge in [-0.3, -0.25) is 14.5 Å². The predicted octanol–water partition coefficient (Wildman–Crippen LogP) is 5.73. The molecule has 0 radical (unpaired) electrons. The summed E-state index contributed by atoms with van der Waals surface area (Å²) in [6, 6.07) is 19.7. The molecule has 0 saturated carbocycles. The smallest absolute Gasteiger partial charge is 0.255 e. The lowest BCUT2D eigenvalue weighted by Gasteiger charge is -2.25. The number of hydrogen-bond donors (Lipinski definition) is 1. The van der Waals surface area contributed by atoms with Gasteiger partial charge in [-0.25, -0.2) is 4.39 Å². The second kappa shape index (κ2) is 8.94. The molecular formula is C25H23FN2O2S. The lowest BCUT2D eigenvalue weighted by Crippen LogP contribution is -2.28. The van der Waals surface area contributed by atoms with Crippen LogP contribution in [0.25, 0.3) is 0 Å². The van der Waals surface area contributed by atoms with E-state index in [0.717, 1.165) is 17.5 Å². The average Bonchev–Trinajstić information content (AvgIpc) is 3.17. The Balaban J connectivity index is 1.52. The van der Waals surface area contributed by atoms with E-state index in [4.69, 9.17) is 0 Å². The van der Waals surface area contributed by atoms with Gasteiger partial charge in [-0.05, 0) is 66.4 Å². The van der Waals surface area contributed by atoms with E-state index >= 15 is 0 Å². The van der Waals surface area contributed by atoms with E-state index in [-0.39, 0.29) is 17.2 Å². The van der Waals surface area contributed by atoms with Gasteiger partial charge in [0.1, 0.15) is 11.2 Å². The van der Waals surface area contributed by atoms with Crippen LogP contribution in [-0.2, 0) is 11.2 Å². The van der Waals surface area contributed by atoms with Crippen LogP contribution in [-0.4, -0.2) is 17.6 Å².